The Morgan fingerprint density at radius 3 is 2.79 bits per heavy atom. The van der Waals surface area contributed by atoms with Crippen LogP contribution in [-0.4, -0.2) is 24.5 Å². The summed E-state index contributed by atoms with van der Waals surface area (Å²) in [5, 5.41) is 5.61. The first-order valence-corrected chi connectivity index (χ1v) is 6.35. The summed E-state index contributed by atoms with van der Waals surface area (Å²) in [6, 6.07) is 5.12. The van der Waals surface area contributed by atoms with Crippen LogP contribution in [0.25, 0.3) is 0 Å². The van der Waals surface area contributed by atoms with Gasteiger partial charge in [-0.15, -0.1) is 0 Å². The van der Waals surface area contributed by atoms with Gasteiger partial charge in [0.2, 0.25) is 0 Å². The summed E-state index contributed by atoms with van der Waals surface area (Å²) in [5.74, 6) is 0.599. The van der Waals surface area contributed by atoms with E-state index in [0.717, 1.165) is 0 Å². The van der Waals surface area contributed by atoms with Crippen molar-refractivity contribution in [3.63, 3.8) is 0 Å². The summed E-state index contributed by atoms with van der Waals surface area (Å²) < 4.78 is 5.25. The monoisotopic (exact) mass is 262 g/mol. The lowest BCUT2D eigenvalue weighted by Crippen LogP contribution is -2.36. The Hall–Kier alpha value is -2.04. The molecule has 5 nitrogen and oxygen atoms in total. The molecule has 1 heterocycles. The molecule has 1 aromatic carbocycles. The summed E-state index contributed by atoms with van der Waals surface area (Å²) in [5.41, 5.74) is 1.05. The molecule has 2 amide bonds. The zero-order chi connectivity index (χ0) is 14.0. The quantitative estimate of drug-likeness (QED) is 0.872. The van der Waals surface area contributed by atoms with E-state index in [1.165, 1.54) is 0 Å². The van der Waals surface area contributed by atoms with Crippen molar-refractivity contribution in [3.05, 3.63) is 23.8 Å². The van der Waals surface area contributed by atoms with Gasteiger partial charge in [-0.2, -0.15) is 0 Å². The smallest absolute Gasteiger partial charge is 0.262 e. The Morgan fingerprint density at radius 2 is 2.11 bits per heavy atom. The van der Waals surface area contributed by atoms with Crippen LogP contribution >= 0.6 is 0 Å². The Labute approximate surface area is 112 Å². The molecule has 5 heteroatoms. The molecule has 1 aliphatic rings. The summed E-state index contributed by atoms with van der Waals surface area (Å²) in [4.78, 5) is 23.3. The predicted octanol–water partition coefficient (Wildman–Crippen LogP) is 1.79. The van der Waals surface area contributed by atoms with E-state index in [2.05, 4.69) is 10.6 Å². The highest BCUT2D eigenvalue weighted by atomic mass is 16.5. The number of hydrogen-bond acceptors (Lipinski definition) is 3. The molecule has 0 bridgehead atoms. The van der Waals surface area contributed by atoms with Gasteiger partial charge in [-0.25, -0.2) is 0 Å². The fourth-order valence-electron chi connectivity index (χ4n) is 1.68. The molecular weight excluding hydrogens is 244 g/mol. The van der Waals surface area contributed by atoms with E-state index in [-0.39, 0.29) is 24.5 Å². The van der Waals surface area contributed by atoms with E-state index >= 15 is 0 Å². The average molecular weight is 262 g/mol. The van der Waals surface area contributed by atoms with Crippen LogP contribution in [0.3, 0.4) is 0 Å². The third-order valence-electron chi connectivity index (χ3n) is 3.23. The van der Waals surface area contributed by atoms with Gasteiger partial charge in [-0.3, -0.25) is 9.59 Å². The third-order valence-corrected chi connectivity index (χ3v) is 3.23. The molecule has 1 aromatic rings. The second-order valence-corrected chi connectivity index (χ2v) is 5.05. The van der Waals surface area contributed by atoms with Crippen molar-refractivity contribution in [2.45, 2.75) is 26.8 Å². The van der Waals surface area contributed by atoms with Gasteiger partial charge < -0.3 is 15.4 Å². The van der Waals surface area contributed by atoms with Gasteiger partial charge in [0, 0.05) is 11.6 Å². The molecule has 0 saturated carbocycles. The zero-order valence-corrected chi connectivity index (χ0v) is 11.3. The third kappa shape index (κ3) is 3.05. The van der Waals surface area contributed by atoms with Gasteiger partial charge in [0.1, 0.15) is 5.75 Å². The molecule has 0 radical (unpaired) electrons. The lowest BCUT2D eigenvalue weighted by atomic mass is 10.1. The van der Waals surface area contributed by atoms with Gasteiger partial charge in [0.15, 0.2) is 6.61 Å². The number of carbonyl (C=O) groups is 2. The number of carbonyl (C=O) groups excluding carboxylic acids is 2. The van der Waals surface area contributed by atoms with Crippen LogP contribution in [-0.2, 0) is 4.79 Å². The SMILES string of the molecule is CC(C)C(C)NC(=O)c1ccc2c(c1)NC(=O)CO2. The second-order valence-electron chi connectivity index (χ2n) is 5.05. The number of ether oxygens (including phenoxy) is 1. The number of hydrogen-bond donors (Lipinski definition) is 2. The minimum absolute atomic E-state index is 0.0168. The largest absolute Gasteiger partial charge is 0.482 e. The molecule has 0 aliphatic carbocycles. The van der Waals surface area contributed by atoms with Gasteiger partial charge in [0.25, 0.3) is 11.8 Å². The van der Waals surface area contributed by atoms with E-state index in [4.69, 9.17) is 4.74 Å². The molecule has 1 atom stereocenters. The Morgan fingerprint density at radius 1 is 1.37 bits per heavy atom. The van der Waals surface area contributed by atoms with E-state index in [1.807, 2.05) is 20.8 Å². The van der Waals surface area contributed by atoms with Crippen molar-refractivity contribution in [3.8, 4) is 5.75 Å². The lowest BCUT2D eigenvalue weighted by Gasteiger charge is -2.20. The molecule has 0 aromatic heterocycles. The summed E-state index contributed by atoms with van der Waals surface area (Å²) in [6.07, 6.45) is 0. The van der Waals surface area contributed by atoms with Crippen LogP contribution in [0.4, 0.5) is 5.69 Å². The fourth-order valence-corrected chi connectivity index (χ4v) is 1.68. The van der Waals surface area contributed by atoms with E-state index in [9.17, 15) is 9.59 Å². The van der Waals surface area contributed by atoms with E-state index in [0.29, 0.717) is 22.9 Å². The van der Waals surface area contributed by atoms with Crippen molar-refractivity contribution in [1.29, 1.82) is 0 Å². The van der Waals surface area contributed by atoms with Crippen LogP contribution in [0, 0.1) is 5.92 Å². The normalized spacial score (nSPS) is 15.3. The fraction of sp³-hybridized carbons (Fsp3) is 0.429. The maximum absolute atomic E-state index is 12.1. The minimum atomic E-state index is -0.208. The highest BCUT2D eigenvalue weighted by Gasteiger charge is 2.18. The molecule has 1 aliphatic heterocycles. The number of rotatable bonds is 3. The Bertz CT molecular complexity index is 511. The van der Waals surface area contributed by atoms with Crippen LogP contribution in [0.1, 0.15) is 31.1 Å². The molecule has 0 saturated heterocycles. The predicted molar refractivity (Wildman–Crippen MR) is 72.3 cm³/mol. The van der Waals surface area contributed by atoms with Gasteiger partial charge in [0.05, 0.1) is 5.69 Å². The minimum Gasteiger partial charge on any atom is -0.482 e. The number of fused-ring (bicyclic) bond motifs is 1. The highest BCUT2D eigenvalue weighted by molar-refractivity contribution is 5.99. The molecule has 0 spiro atoms. The molecule has 2 N–H and O–H groups in total. The Balaban J connectivity index is 2.15. The first-order chi connectivity index (χ1) is 8.97. The standard InChI is InChI=1S/C14H18N2O3/c1-8(2)9(3)15-14(18)10-4-5-12-11(6-10)16-13(17)7-19-12/h4-6,8-9H,7H2,1-3H3,(H,15,18)(H,16,17). The maximum atomic E-state index is 12.1. The maximum Gasteiger partial charge on any atom is 0.262 e. The lowest BCUT2D eigenvalue weighted by molar-refractivity contribution is -0.118. The van der Waals surface area contributed by atoms with Gasteiger partial charge in [-0.1, -0.05) is 13.8 Å². The summed E-state index contributed by atoms with van der Waals surface area (Å²) >= 11 is 0. The van der Waals surface area contributed by atoms with Crippen LogP contribution in [0.15, 0.2) is 18.2 Å². The number of anilines is 1. The van der Waals surface area contributed by atoms with E-state index in [1.54, 1.807) is 18.2 Å². The Kier molecular flexibility index (Phi) is 3.74. The van der Waals surface area contributed by atoms with E-state index < -0.39 is 0 Å². The number of nitrogens with one attached hydrogen (secondary N) is 2. The molecule has 1 unspecified atom stereocenters. The topological polar surface area (TPSA) is 67.4 Å². The van der Waals surface area contributed by atoms with Crippen LogP contribution in [0.2, 0.25) is 0 Å². The van der Waals surface area contributed by atoms with Crippen LogP contribution < -0.4 is 15.4 Å². The molecule has 19 heavy (non-hydrogen) atoms. The van der Waals surface area contributed by atoms with Crippen molar-refractivity contribution in [2.24, 2.45) is 5.92 Å². The molecule has 2 rings (SSSR count). The molecule has 0 fully saturated rings. The molecule has 102 valence electrons. The average Bonchev–Trinajstić information content (AvgIpc) is 2.37. The van der Waals surface area contributed by atoms with Crippen molar-refractivity contribution in [1.82, 2.24) is 5.32 Å². The first kappa shape index (κ1) is 13.4. The second kappa shape index (κ2) is 5.30. The van der Waals surface area contributed by atoms with Crippen molar-refractivity contribution < 1.29 is 14.3 Å². The zero-order valence-electron chi connectivity index (χ0n) is 11.3. The van der Waals surface area contributed by atoms with Gasteiger partial charge in [-0.05, 0) is 31.0 Å². The van der Waals surface area contributed by atoms with Crippen molar-refractivity contribution in [2.75, 3.05) is 11.9 Å². The van der Waals surface area contributed by atoms with Crippen LogP contribution in [0.5, 0.6) is 5.75 Å². The number of benzene rings is 1. The number of amides is 2. The summed E-state index contributed by atoms with van der Waals surface area (Å²) in [7, 11) is 0. The van der Waals surface area contributed by atoms with Crippen molar-refractivity contribution >= 4 is 17.5 Å². The molecular formula is C14H18N2O3. The first-order valence-electron chi connectivity index (χ1n) is 6.35. The highest BCUT2D eigenvalue weighted by Crippen LogP contribution is 2.28. The summed E-state index contributed by atoms with van der Waals surface area (Å²) in [6.45, 7) is 6.08. The van der Waals surface area contributed by atoms with Gasteiger partial charge >= 0.3 is 0 Å².